The van der Waals surface area contributed by atoms with Crippen molar-refractivity contribution >= 4 is 6.03 Å². The third-order valence-electron chi connectivity index (χ3n) is 2.93. The fourth-order valence-corrected chi connectivity index (χ4v) is 1.56. The van der Waals surface area contributed by atoms with Crippen LogP contribution in [0.2, 0.25) is 0 Å². The van der Waals surface area contributed by atoms with Gasteiger partial charge in [0, 0.05) is 6.04 Å². The van der Waals surface area contributed by atoms with E-state index in [2.05, 4.69) is 10.6 Å². The van der Waals surface area contributed by atoms with Gasteiger partial charge in [-0.15, -0.1) is 0 Å². The fourth-order valence-electron chi connectivity index (χ4n) is 1.56. The van der Waals surface area contributed by atoms with E-state index in [-0.39, 0.29) is 18.1 Å². The second kappa shape index (κ2) is 6.89. The number of amides is 2. The molecule has 2 atom stereocenters. The first kappa shape index (κ1) is 14.4. The molecule has 0 saturated carbocycles. The molecule has 18 heavy (non-hydrogen) atoms. The van der Waals surface area contributed by atoms with Gasteiger partial charge in [0.25, 0.3) is 0 Å². The Kier molecular flexibility index (Phi) is 5.49. The third kappa shape index (κ3) is 4.28. The predicted molar refractivity (Wildman–Crippen MR) is 72.8 cm³/mol. The molecule has 0 fully saturated rings. The molecule has 100 valence electrons. The summed E-state index contributed by atoms with van der Waals surface area (Å²) in [6.45, 7) is 5.97. The maximum absolute atomic E-state index is 11.7. The molecular formula is C14H22N2O2. The number of benzene rings is 1. The number of carbonyl (C=O) groups excluding carboxylic acids is 1. The summed E-state index contributed by atoms with van der Waals surface area (Å²) in [7, 11) is 1.63. The van der Waals surface area contributed by atoms with E-state index in [4.69, 9.17) is 4.74 Å². The summed E-state index contributed by atoms with van der Waals surface area (Å²) < 4.78 is 5.16. The van der Waals surface area contributed by atoms with Gasteiger partial charge in [-0.3, -0.25) is 0 Å². The van der Waals surface area contributed by atoms with Crippen molar-refractivity contribution in [3.05, 3.63) is 29.8 Å². The van der Waals surface area contributed by atoms with Gasteiger partial charge in [-0.1, -0.05) is 19.1 Å². The third-order valence-corrected chi connectivity index (χ3v) is 2.93. The number of hydrogen-bond acceptors (Lipinski definition) is 2. The van der Waals surface area contributed by atoms with Gasteiger partial charge >= 0.3 is 6.03 Å². The van der Waals surface area contributed by atoms with Crippen molar-refractivity contribution in [2.24, 2.45) is 0 Å². The van der Waals surface area contributed by atoms with Crippen LogP contribution < -0.4 is 15.4 Å². The second-order valence-electron chi connectivity index (χ2n) is 4.43. The van der Waals surface area contributed by atoms with Crippen LogP contribution in [0.25, 0.3) is 0 Å². The van der Waals surface area contributed by atoms with Crippen LogP contribution in [0.1, 0.15) is 38.8 Å². The van der Waals surface area contributed by atoms with Crippen LogP contribution in [-0.4, -0.2) is 19.2 Å². The topological polar surface area (TPSA) is 50.4 Å². The van der Waals surface area contributed by atoms with Gasteiger partial charge in [-0.05, 0) is 38.0 Å². The lowest BCUT2D eigenvalue weighted by molar-refractivity contribution is 0.234. The highest BCUT2D eigenvalue weighted by Crippen LogP contribution is 2.18. The number of rotatable bonds is 5. The van der Waals surface area contributed by atoms with Gasteiger partial charge < -0.3 is 15.4 Å². The van der Waals surface area contributed by atoms with Crippen molar-refractivity contribution in [3.63, 3.8) is 0 Å². The molecule has 0 aliphatic rings. The summed E-state index contributed by atoms with van der Waals surface area (Å²) in [5, 5.41) is 5.78. The van der Waals surface area contributed by atoms with Gasteiger partial charge in [0.2, 0.25) is 0 Å². The minimum Gasteiger partial charge on any atom is -0.497 e. The number of carbonyl (C=O) groups is 1. The van der Waals surface area contributed by atoms with Crippen LogP contribution in [0.4, 0.5) is 4.79 Å². The number of hydrogen-bond donors (Lipinski definition) is 2. The number of methoxy groups -OCH3 is 1. The van der Waals surface area contributed by atoms with E-state index in [1.54, 1.807) is 7.11 Å². The second-order valence-corrected chi connectivity index (χ2v) is 4.43. The smallest absolute Gasteiger partial charge is 0.315 e. The normalized spacial score (nSPS) is 13.6. The standard InChI is InChI=1S/C14H22N2O2/c1-5-10(2)15-14(17)16-11(3)12-7-6-8-13(9-12)18-4/h6-11H,5H2,1-4H3,(H2,15,16,17)/t10-,11-/m0/s1. The quantitative estimate of drug-likeness (QED) is 0.844. The molecule has 2 amide bonds. The molecule has 0 bridgehead atoms. The van der Waals surface area contributed by atoms with Gasteiger partial charge in [-0.2, -0.15) is 0 Å². The largest absolute Gasteiger partial charge is 0.497 e. The molecule has 0 unspecified atom stereocenters. The van der Waals surface area contributed by atoms with Crippen LogP contribution in [-0.2, 0) is 0 Å². The maximum atomic E-state index is 11.7. The molecule has 0 aliphatic carbocycles. The van der Waals surface area contributed by atoms with Crippen molar-refractivity contribution in [2.45, 2.75) is 39.3 Å². The zero-order chi connectivity index (χ0) is 13.5. The highest BCUT2D eigenvalue weighted by molar-refractivity contribution is 5.74. The van der Waals surface area contributed by atoms with Crippen LogP contribution in [0.15, 0.2) is 24.3 Å². The molecule has 0 aliphatic heterocycles. The highest BCUT2D eigenvalue weighted by atomic mass is 16.5. The van der Waals surface area contributed by atoms with Gasteiger partial charge in [-0.25, -0.2) is 4.79 Å². The van der Waals surface area contributed by atoms with Crippen LogP contribution in [0.3, 0.4) is 0 Å². The summed E-state index contributed by atoms with van der Waals surface area (Å²) in [4.78, 5) is 11.7. The summed E-state index contributed by atoms with van der Waals surface area (Å²) >= 11 is 0. The average Bonchev–Trinajstić information content (AvgIpc) is 2.38. The lowest BCUT2D eigenvalue weighted by atomic mass is 10.1. The zero-order valence-corrected chi connectivity index (χ0v) is 11.5. The maximum Gasteiger partial charge on any atom is 0.315 e. The monoisotopic (exact) mass is 250 g/mol. The summed E-state index contributed by atoms with van der Waals surface area (Å²) in [5.41, 5.74) is 1.02. The molecule has 1 aromatic rings. The molecule has 1 aromatic carbocycles. The predicted octanol–water partition coefficient (Wildman–Crippen LogP) is 2.85. The minimum atomic E-state index is -0.139. The first-order valence-electron chi connectivity index (χ1n) is 6.27. The van der Waals surface area contributed by atoms with Crippen molar-refractivity contribution in [2.75, 3.05) is 7.11 Å². The van der Waals surface area contributed by atoms with Crippen LogP contribution in [0, 0.1) is 0 Å². The summed E-state index contributed by atoms with van der Waals surface area (Å²) in [6.07, 6.45) is 0.918. The molecule has 4 nitrogen and oxygen atoms in total. The van der Waals surface area contributed by atoms with E-state index >= 15 is 0 Å². The Morgan fingerprint density at radius 3 is 2.67 bits per heavy atom. The number of nitrogens with one attached hydrogen (secondary N) is 2. The molecule has 0 aromatic heterocycles. The van der Waals surface area contributed by atoms with Crippen molar-refractivity contribution < 1.29 is 9.53 Å². The Hall–Kier alpha value is -1.71. The summed E-state index contributed by atoms with van der Waals surface area (Å²) in [6, 6.07) is 7.69. The molecule has 0 saturated heterocycles. The molecule has 0 heterocycles. The average molecular weight is 250 g/mol. The van der Waals surface area contributed by atoms with E-state index in [0.717, 1.165) is 17.7 Å². The van der Waals surface area contributed by atoms with Gasteiger partial charge in [0.15, 0.2) is 0 Å². The SMILES string of the molecule is CC[C@H](C)NC(=O)N[C@@H](C)c1cccc(OC)c1. The lowest BCUT2D eigenvalue weighted by Crippen LogP contribution is -2.41. The van der Waals surface area contributed by atoms with Crippen molar-refractivity contribution in [1.82, 2.24) is 10.6 Å². The fraction of sp³-hybridized carbons (Fsp3) is 0.500. The Morgan fingerprint density at radius 1 is 1.33 bits per heavy atom. The van der Waals surface area contributed by atoms with Crippen molar-refractivity contribution in [1.29, 1.82) is 0 Å². The van der Waals surface area contributed by atoms with Crippen LogP contribution >= 0.6 is 0 Å². The minimum absolute atomic E-state index is 0.0517. The molecule has 0 radical (unpaired) electrons. The number of ether oxygens (including phenoxy) is 1. The van der Waals surface area contributed by atoms with Crippen LogP contribution in [0.5, 0.6) is 5.75 Å². The molecular weight excluding hydrogens is 228 g/mol. The molecule has 2 N–H and O–H groups in total. The zero-order valence-electron chi connectivity index (χ0n) is 11.5. The first-order chi connectivity index (χ1) is 8.56. The summed E-state index contributed by atoms with van der Waals surface area (Å²) in [5.74, 6) is 0.795. The molecule has 1 rings (SSSR count). The van der Waals surface area contributed by atoms with E-state index in [1.165, 1.54) is 0 Å². The Morgan fingerprint density at radius 2 is 2.06 bits per heavy atom. The Balaban J connectivity index is 2.58. The van der Waals surface area contributed by atoms with Crippen molar-refractivity contribution in [3.8, 4) is 5.75 Å². The van der Waals surface area contributed by atoms with E-state index in [9.17, 15) is 4.79 Å². The molecule has 0 spiro atoms. The Labute approximate surface area is 109 Å². The Bertz CT molecular complexity index is 393. The molecule has 4 heteroatoms. The lowest BCUT2D eigenvalue weighted by Gasteiger charge is -2.18. The van der Waals surface area contributed by atoms with E-state index in [0.29, 0.717) is 0 Å². The van der Waals surface area contributed by atoms with E-state index in [1.807, 2.05) is 45.0 Å². The first-order valence-corrected chi connectivity index (χ1v) is 6.27. The van der Waals surface area contributed by atoms with Gasteiger partial charge in [0.1, 0.15) is 5.75 Å². The number of urea groups is 1. The highest BCUT2D eigenvalue weighted by Gasteiger charge is 2.11. The van der Waals surface area contributed by atoms with E-state index < -0.39 is 0 Å². The van der Waals surface area contributed by atoms with Gasteiger partial charge in [0.05, 0.1) is 13.2 Å².